The van der Waals surface area contributed by atoms with Crippen LogP contribution in [0.3, 0.4) is 0 Å². The van der Waals surface area contributed by atoms with E-state index < -0.39 is 0 Å². The third kappa shape index (κ3) is 2.79. The summed E-state index contributed by atoms with van der Waals surface area (Å²) in [5.74, 6) is 0. The Hall–Kier alpha value is -0.820. The quantitative estimate of drug-likeness (QED) is 0.746. The van der Waals surface area contributed by atoms with Gasteiger partial charge in [0.05, 0.1) is 5.54 Å². The number of nitrogens with two attached hydrogens (primary N) is 1. The number of hydrogen-bond donors (Lipinski definition) is 1. The number of rotatable bonds is 1. The lowest BCUT2D eigenvalue weighted by Gasteiger charge is -2.53. The molecule has 1 nitrogen and oxygen atoms in total. The van der Waals surface area contributed by atoms with Crippen LogP contribution in [0.1, 0.15) is 73.4 Å². The van der Waals surface area contributed by atoms with Crippen molar-refractivity contribution < 1.29 is 0 Å². The van der Waals surface area contributed by atoms with Crippen molar-refractivity contribution in [2.24, 2.45) is 16.6 Å². The molecule has 114 valence electrons. The second-order valence-corrected chi connectivity index (χ2v) is 9.10. The minimum atomic E-state index is -0.385. The van der Waals surface area contributed by atoms with E-state index in [0.29, 0.717) is 0 Å². The van der Waals surface area contributed by atoms with Crippen LogP contribution in [0.4, 0.5) is 0 Å². The van der Waals surface area contributed by atoms with E-state index in [1.807, 2.05) is 0 Å². The molecule has 0 bridgehead atoms. The summed E-state index contributed by atoms with van der Waals surface area (Å²) in [6.07, 6.45) is 0. The fourth-order valence-electron chi connectivity index (χ4n) is 3.41. The highest BCUT2D eigenvalue weighted by atomic mass is 14.8. The van der Waals surface area contributed by atoms with Crippen LogP contribution in [0.2, 0.25) is 0 Å². The third-order valence-electron chi connectivity index (χ3n) is 4.53. The molecule has 0 saturated heterocycles. The zero-order chi connectivity index (χ0) is 16.0. The van der Waals surface area contributed by atoms with Gasteiger partial charge < -0.3 is 5.73 Å². The topological polar surface area (TPSA) is 26.0 Å². The molecule has 0 amide bonds. The van der Waals surface area contributed by atoms with Crippen LogP contribution >= 0.6 is 0 Å². The predicted molar refractivity (Wildman–Crippen MR) is 89.9 cm³/mol. The van der Waals surface area contributed by atoms with Crippen molar-refractivity contribution in [2.75, 3.05) is 0 Å². The van der Waals surface area contributed by atoms with Gasteiger partial charge in [0.1, 0.15) is 0 Å². The first-order chi connectivity index (χ1) is 8.73. The van der Waals surface area contributed by atoms with E-state index in [9.17, 15) is 0 Å². The van der Waals surface area contributed by atoms with Crippen LogP contribution < -0.4 is 5.73 Å². The van der Waals surface area contributed by atoms with Crippen molar-refractivity contribution in [3.05, 3.63) is 35.4 Å². The van der Waals surface area contributed by atoms with Gasteiger partial charge in [-0.15, -0.1) is 0 Å². The maximum Gasteiger partial charge on any atom is 0.0510 e. The van der Waals surface area contributed by atoms with Crippen LogP contribution in [-0.2, 0) is 11.0 Å². The molecule has 0 aliphatic carbocycles. The molecule has 0 aromatic heterocycles. The molecule has 0 unspecified atom stereocenters. The molecule has 0 spiro atoms. The average Bonchev–Trinajstić information content (AvgIpc) is 2.23. The zero-order valence-electron chi connectivity index (χ0n) is 14.9. The van der Waals surface area contributed by atoms with Gasteiger partial charge in [-0.1, -0.05) is 86.6 Å². The Kier molecular flexibility index (Phi) is 4.20. The first-order valence-electron chi connectivity index (χ1n) is 7.62. The molecule has 0 aliphatic heterocycles. The molecule has 0 atom stereocenters. The molecule has 1 aromatic rings. The minimum Gasteiger partial charge on any atom is -0.321 e. The SMILES string of the molecule is CC(C)(C)c1ccccc1C(N)(C(C)(C)C)C(C)(C)C. The van der Waals surface area contributed by atoms with E-state index in [4.69, 9.17) is 5.73 Å². The van der Waals surface area contributed by atoms with Gasteiger partial charge in [-0.25, -0.2) is 0 Å². The van der Waals surface area contributed by atoms with E-state index >= 15 is 0 Å². The highest BCUT2D eigenvalue weighted by Crippen LogP contribution is 2.51. The van der Waals surface area contributed by atoms with Crippen molar-refractivity contribution >= 4 is 0 Å². The lowest BCUT2D eigenvalue weighted by molar-refractivity contribution is 0.0553. The summed E-state index contributed by atoms with van der Waals surface area (Å²) >= 11 is 0. The molecule has 1 aromatic carbocycles. The number of benzene rings is 1. The lowest BCUT2D eigenvalue weighted by Crippen LogP contribution is -2.58. The van der Waals surface area contributed by atoms with E-state index in [-0.39, 0.29) is 21.8 Å². The Labute approximate surface area is 126 Å². The van der Waals surface area contributed by atoms with E-state index in [1.165, 1.54) is 11.1 Å². The summed E-state index contributed by atoms with van der Waals surface area (Å²) < 4.78 is 0. The van der Waals surface area contributed by atoms with Gasteiger partial charge in [0.15, 0.2) is 0 Å². The molecular formula is C19H33N. The van der Waals surface area contributed by atoms with Crippen LogP contribution in [-0.4, -0.2) is 0 Å². The van der Waals surface area contributed by atoms with Crippen LogP contribution in [0.25, 0.3) is 0 Å². The van der Waals surface area contributed by atoms with Crippen molar-refractivity contribution in [3.63, 3.8) is 0 Å². The fraction of sp³-hybridized carbons (Fsp3) is 0.684. The van der Waals surface area contributed by atoms with Crippen LogP contribution in [0, 0.1) is 10.8 Å². The van der Waals surface area contributed by atoms with Crippen LogP contribution in [0.5, 0.6) is 0 Å². The average molecular weight is 275 g/mol. The Morgan fingerprint density at radius 3 is 1.30 bits per heavy atom. The van der Waals surface area contributed by atoms with Gasteiger partial charge in [-0.05, 0) is 27.4 Å². The highest BCUT2D eigenvalue weighted by Gasteiger charge is 2.50. The van der Waals surface area contributed by atoms with Gasteiger partial charge in [0, 0.05) is 0 Å². The Balaban J connectivity index is 3.70. The summed E-state index contributed by atoms with van der Waals surface area (Å²) in [4.78, 5) is 0. The summed E-state index contributed by atoms with van der Waals surface area (Å²) in [5, 5.41) is 0. The van der Waals surface area contributed by atoms with E-state index in [0.717, 1.165) is 0 Å². The van der Waals surface area contributed by atoms with Crippen molar-refractivity contribution in [3.8, 4) is 0 Å². The molecule has 0 aliphatic rings. The largest absolute Gasteiger partial charge is 0.321 e. The minimum absolute atomic E-state index is 0.0212. The Morgan fingerprint density at radius 2 is 1.00 bits per heavy atom. The van der Waals surface area contributed by atoms with Gasteiger partial charge >= 0.3 is 0 Å². The summed E-state index contributed by atoms with van der Waals surface area (Å²) in [6.45, 7) is 20.3. The molecular weight excluding hydrogens is 242 g/mol. The second-order valence-electron chi connectivity index (χ2n) is 9.10. The molecule has 0 fully saturated rings. The zero-order valence-corrected chi connectivity index (χ0v) is 14.9. The van der Waals surface area contributed by atoms with Crippen molar-refractivity contribution in [1.29, 1.82) is 0 Å². The smallest absolute Gasteiger partial charge is 0.0510 e. The van der Waals surface area contributed by atoms with E-state index in [1.54, 1.807) is 0 Å². The van der Waals surface area contributed by atoms with E-state index in [2.05, 4.69) is 86.6 Å². The maximum absolute atomic E-state index is 7.07. The predicted octanol–water partition coefficient (Wildman–Crippen LogP) is 5.23. The van der Waals surface area contributed by atoms with Crippen LogP contribution in [0.15, 0.2) is 24.3 Å². The summed E-state index contributed by atoms with van der Waals surface area (Å²) in [5.41, 5.74) is 9.38. The molecule has 1 heteroatoms. The normalized spacial score (nSPS) is 14.5. The maximum atomic E-state index is 7.07. The van der Waals surface area contributed by atoms with Crippen molar-refractivity contribution in [1.82, 2.24) is 0 Å². The molecule has 0 saturated carbocycles. The van der Waals surface area contributed by atoms with Gasteiger partial charge in [-0.3, -0.25) is 0 Å². The van der Waals surface area contributed by atoms with Gasteiger partial charge in [0.2, 0.25) is 0 Å². The molecule has 1 rings (SSSR count). The second kappa shape index (κ2) is 4.87. The molecule has 0 radical (unpaired) electrons. The van der Waals surface area contributed by atoms with Crippen molar-refractivity contribution in [2.45, 2.75) is 73.3 Å². The Morgan fingerprint density at radius 1 is 0.650 bits per heavy atom. The van der Waals surface area contributed by atoms with Gasteiger partial charge in [-0.2, -0.15) is 0 Å². The first kappa shape index (κ1) is 17.2. The Bertz CT molecular complexity index is 450. The summed E-state index contributed by atoms with van der Waals surface area (Å²) in [7, 11) is 0. The molecule has 2 N–H and O–H groups in total. The lowest BCUT2D eigenvalue weighted by atomic mass is 9.56. The number of hydrogen-bond acceptors (Lipinski definition) is 1. The summed E-state index contributed by atoms with van der Waals surface area (Å²) in [6, 6.07) is 8.69. The molecule has 0 heterocycles. The highest BCUT2D eigenvalue weighted by molar-refractivity contribution is 5.40. The monoisotopic (exact) mass is 275 g/mol. The molecule has 20 heavy (non-hydrogen) atoms. The van der Waals surface area contributed by atoms with Gasteiger partial charge in [0.25, 0.3) is 0 Å². The third-order valence-corrected chi connectivity index (χ3v) is 4.53. The standard InChI is InChI=1S/C19H33N/c1-16(2,3)14-12-10-11-13-15(14)19(20,17(4,5)6)18(7,8)9/h10-13H,20H2,1-9H3. The first-order valence-corrected chi connectivity index (χ1v) is 7.62. The fourth-order valence-corrected chi connectivity index (χ4v) is 3.41.